The van der Waals surface area contributed by atoms with E-state index in [4.69, 9.17) is 9.47 Å². The van der Waals surface area contributed by atoms with Gasteiger partial charge in [0.2, 0.25) is 0 Å². The summed E-state index contributed by atoms with van der Waals surface area (Å²) in [4.78, 5) is 17.9. The van der Waals surface area contributed by atoms with Crippen LogP contribution in [0.25, 0.3) is 12.2 Å². The van der Waals surface area contributed by atoms with Gasteiger partial charge in [-0.3, -0.25) is 4.79 Å². The van der Waals surface area contributed by atoms with Crippen LogP contribution in [0.5, 0.6) is 0 Å². The summed E-state index contributed by atoms with van der Waals surface area (Å²) in [5.41, 5.74) is 6.44. The first-order chi connectivity index (χ1) is 16.3. The monoisotopic (exact) mass is 444 g/mol. The first-order valence-electron chi connectivity index (χ1n) is 12.1. The van der Waals surface area contributed by atoms with E-state index in [1.807, 2.05) is 0 Å². The molecule has 5 nitrogen and oxygen atoms in total. The smallest absolute Gasteiger partial charge is 0.185 e. The highest BCUT2D eigenvalue weighted by Gasteiger charge is 2.21. The number of nitrogens with zero attached hydrogens (tertiary/aromatic N) is 2. The highest BCUT2D eigenvalue weighted by Crippen LogP contribution is 2.29. The van der Waals surface area contributed by atoms with Crippen LogP contribution in [0.1, 0.15) is 30.4 Å². The number of rotatable bonds is 4. The van der Waals surface area contributed by atoms with Crippen molar-refractivity contribution in [2.75, 3.05) is 62.4 Å². The molecule has 0 bridgehead atoms. The molecule has 0 spiro atoms. The number of benzene rings is 2. The SMILES string of the molecule is O=C1/C(=C\c2ccc(N3CCOCC3)cc2)CCC/C1=C/c1ccc(N2CCOCC2)cc1. The molecule has 0 atom stereocenters. The van der Waals surface area contributed by atoms with Crippen molar-refractivity contribution in [3.05, 3.63) is 70.8 Å². The lowest BCUT2D eigenvalue weighted by molar-refractivity contribution is -0.112. The van der Waals surface area contributed by atoms with Crippen LogP contribution >= 0.6 is 0 Å². The van der Waals surface area contributed by atoms with Gasteiger partial charge in [0.05, 0.1) is 26.4 Å². The number of ketones is 1. The summed E-state index contributed by atoms with van der Waals surface area (Å²) < 4.78 is 10.9. The normalized spacial score (nSPS) is 22.2. The lowest BCUT2D eigenvalue weighted by Crippen LogP contribution is -2.36. The first kappa shape index (κ1) is 21.9. The number of ether oxygens (including phenoxy) is 2. The van der Waals surface area contributed by atoms with Crippen LogP contribution in [0, 0.1) is 0 Å². The van der Waals surface area contributed by atoms with Crippen molar-refractivity contribution in [3.8, 4) is 0 Å². The highest BCUT2D eigenvalue weighted by atomic mass is 16.5. The number of allylic oxidation sites excluding steroid dienone is 2. The van der Waals surface area contributed by atoms with Crippen molar-refractivity contribution >= 4 is 29.3 Å². The van der Waals surface area contributed by atoms with Gasteiger partial charge in [-0.2, -0.15) is 0 Å². The molecule has 2 aliphatic heterocycles. The van der Waals surface area contributed by atoms with Gasteiger partial charge in [0, 0.05) is 48.7 Å². The van der Waals surface area contributed by atoms with E-state index in [1.54, 1.807) is 0 Å². The fourth-order valence-corrected chi connectivity index (χ4v) is 4.79. The Morgan fingerprint density at radius 3 is 1.39 bits per heavy atom. The standard InChI is InChI=1S/C28H32N2O3/c31-28-24(20-22-4-8-26(9-5-22)29-12-16-32-17-13-29)2-1-3-25(28)21-23-6-10-27(11-7-23)30-14-18-33-19-15-30/h4-11,20-21H,1-3,12-19H2/b24-20-,25-21-. The van der Waals surface area contributed by atoms with Crippen LogP contribution in [-0.4, -0.2) is 58.4 Å². The fourth-order valence-electron chi connectivity index (χ4n) is 4.79. The molecular formula is C28H32N2O3. The number of hydrogen-bond acceptors (Lipinski definition) is 5. The van der Waals surface area contributed by atoms with Crippen molar-refractivity contribution in [1.29, 1.82) is 0 Å². The zero-order chi connectivity index (χ0) is 22.5. The molecule has 2 heterocycles. The van der Waals surface area contributed by atoms with Crippen molar-refractivity contribution in [2.24, 2.45) is 0 Å². The Balaban J connectivity index is 1.27. The van der Waals surface area contributed by atoms with Crippen molar-refractivity contribution in [3.63, 3.8) is 0 Å². The van der Waals surface area contributed by atoms with Gasteiger partial charge in [-0.25, -0.2) is 0 Å². The number of morpholine rings is 2. The third kappa shape index (κ3) is 5.37. The van der Waals surface area contributed by atoms with Gasteiger partial charge in [-0.15, -0.1) is 0 Å². The van der Waals surface area contributed by atoms with E-state index in [0.29, 0.717) is 0 Å². The third-order valence-electron chi connectivity index (χ3n) is 6.70. The molecule has 2 aromatic carbocycles. The molecule has 172 valence electrons. The Hall–Kier alpha value is -2.89. The zero-order valence-corrected chi connectivity index (χ0v) is 19.2. The summed E-state index contributed by atoms with van der Waals surface area (Å²) in [6.07, 6.45) is 6.84. The van der Waals surface area contributed by atoms with Gasteiger partial charge in [0.15, 0.2) is 5.78 Å². The lowest BCUT2D eigenvalue weighted by Gasteiger charge is -2.29. The Bertz CT molecular complexity index is 931. The van der Waals surface area contributed by atoms with E-state index in [1.165, 1.54) is 11.4 Å². The maximum Gasteiger partial charge on any atom is 0.185 e. The molecule has 0 aromatic heterocycles. The molecule has 1 saturated carbocycles. The molecule has 0 N–H and O–H groups in total. The predicted octanol–water partition coefficient (Wildman–Crippen LogP) is 4.58. The Morgan fingerprint density at radius 1 is 0.606 bits per heavy atom. The summed E-state index contributed by atoms with van der Waals surface area (Å²) in [5.74, 6) is 0.191. The molecule has 0 unspecified atom stereocenters. The van der Waals surface area contributed by atoms with Crippen LogP contribution in [-0.2, 0) is 14.3 Å². The summed E-state index contributed by atoms with van der Waals surface area (Å²) in [6, 6.07) is 17.1. The van der Waals surface area contributed by atoms with Crippen LogP contribution in [0.4, 0.5) is 11.4 Å². The van der Waals surface area contributed by atoms with Gasteiger partial charge >= 0.3 is 0 Å². The molecule has 3 aliphatic rings. The molecule has 0 radical (unpaired) electrons. The maximum atomic E-state index is 13.2. The maximum absolute atomic E-state index is 13.2. The molecule has 5 rings (SSSR count). The molecule has 3 fully saturated rings. The van der Waals surface area contributed by atoms with Gasteiger partial charge in [0.25, 0.3) is 0 Å². The predicted molar refractivity (Wildman–Crippen MR) is 134 cm³/mol. The van der Waals surface area contributed by atoms with Crippen LogP contribution < -0.4 is 9.80 Å². The number of anilines is 2. The number of carbonyl (C=O) groups is 1. The minimum Gasteiger partial charge on any atom is -0.378 e. The molecule has 33 heavy (non-hydrogen) atoms. The minimum atomic E-state index is 0.191. The second-order valence-electron chi connectivity index (χ2n) is 8.90. The van der Waals surface area contributed by atoms with E-state index < -0.39 is 0 Å². The van der Waals surface area contributed by atoms with Gasteiger partial charge < -0.3 is 19.3 Å². The van der Waals surface area contributed by atoms with E-state index in [2.05, 4.69) is 70.5 Å². The second-order valence-corrected chi connectivity index (χ2v) is 8.90. The molecule has 5 heteroatoms. The molecule has 1 aliphatic carbocycles. The van der Waals surface area contributed by atoms with E-state index in [-0.39, 0.29) is 5.78 Å². The quantitative estimate of drug-likeness (QED) is 0.646. The average Bonchev–Trinajstić information content (AvgIpc) is 2.88. The van der Waals surface area contributed by atoms with Crippen molar-refractivity contribution < 1.29 is 14.3 Å². The fraction of sp³-hybridized carbons (Fsp3) is 0.393. The molecule has 2 saturated heterocycles. The summed E-state index contributed by atoms with van der Waals surface area (Å²) in [5, 5.41) is 0. The van der Waals surface area contributed by atoms with Gasteiger partial charge in [-0.05, 0) is 66.8 Å². The van der Waals surface area contributed by atoms with Crippen molar-refractivity contribution in [2.45, 2.75) is 19.3 Å². The molecule has 0 amide bonds. The Kier molecular flexibility index (Phi) is 6.89. The van der Waals surface area contributed by atoms with Gasteiger partial charge in [0.1, 0.15) is 0 Å². The van der Waals surface area contributed by atoms with E-state index >= 15 is 0 Å². The summed E-state index contributed by atoms with van der Waals surface area (Å²) >= 11 is 0. The minimum absolute atomic E-state index is 0.191. The largest absolute Gasteiger partial charge is 0.378 e. The van der Waals surface area contributed by atoms with E-state index in [0.717, 1.165) is 94.1 Å². The zero-order valence-electron chi connectivity index (χ0n) is 19.2. The first-order valence-corrected chi connectivity index (χ1v) is 12.1. The van der Waals surface area contributed by atoms with Crippen molar-refractivity contribution in [1.82, 2.24) is 0 Å². The number of Topliss-reactive ketones (excluding diaryl/α,β-unsaturated/α-hetero) is 1. The Morgan fingerprint density at radius 2 is 1.00 bits per heavy atom. The molecule has 2 aromatic rings. The average molecular weight is 445 g/mol. The van der Waals surface area contributed by atoms with Crippen LogP contribution in [0.3, 0.4) is 0 Å². The number of carbonyl (C=O) groups excluding carboxylic acids is 1. The summed E-state index contributed by atoms with van der Waals surface area (Å²) in [7, 11) is 0. The topological polar surface area (TPSA) is 42.0 Å². The van der Waals surface area contributed by atoms with Gasteiger partial charge in [-0.1, -0.05) is 24.3 Å². The third-order valence-corrected chi connectivity index (χ3v) is 6.70. The van der Waals surface area contributed by atoms with E-state index in [9.17, 15) is 4.79 Å². The van der Waals surface area contributed by atoms with Crippen LogP contribution in [0.15, 0.2) is 59.7 Å². The second kappa shape index (κ2) is 10.4. The summed E-state index contributed by atoms with van der Waals surface area (Å²) in [6.45, 7) is 6.86. The lowest BCUT2D eigenvalue weighted by atomic mass is 9.87. The molecular weight excluding hydrogens is 412 g/mol. The highest BCUT2D eigenvalue weighted by molar-refractivity contribution is 6.14. The Labute approximate surface area is 196 Å². The van der Waals surface area contributed by atoms with Crippen LogP contribution in [0.2, 0.25) is 0 Å². The number of hydrogen-bond donors (Lipinski definition) is 0.